The molecule has 106 valence electrons. The van der Waals surface area contributed by atoms with Gasteiger partial charge in [0.1, 0.15) is 10.6 Å². The van der Waals surface area contributed by atoms with Crippen LogP contribution in [0.25, 0.3) is 0 Å². The van der Waals surface area contributed by atoms with E-state index in [2.05, 4.69) is 0 Å². The maximum Gasteiger partial charge on any atom is 0.354 e. The van der Waals surface area contributed by atoms with Gasteiger partial charge in [0, 0.05) is 22.9 Å². The zero-order valence-electron chi connectivity index (χ0n) is 10.6. The molecule has 1 heterocycles. The van der Waals surface area contributed by atoms with Crippen LogP contribution in [0.2, 0.25) is 0 Å². The molecule has 1 aliphatic rings. The van der Waals surface area contributed by atoms with E-state index in [4.69, 9.17) is 15.4 Å². The lowest BCUT2D eigenvalue weighted by Gasteiger charge is -2.28. The van der Waals surface area contributed by atoms with Gasteiger partial charge in [-0.3, -0.25) is 0 Å². The van der Waals surface area contributed by atoms with Gasteiger partial charge in [-0.15, -0.1) is 0 Å². The molecule has 1 aromatic heterocycles. The van der Waals surface area contributed by atoms with Crippen molar-refractivity contribution in [2.45, 2.75) is 43.5 Å². The second kappa shape index (κ2) is 5.54. The highest BCUT2D eigenvalue weighted by molar-refractivity contribution is 8.13. The molecule has 0 aliphatic heterocycles. The van der Waals surface area contributed by atoms with E-state index in [9.17, 15) is 13.2 Å². The van der Waals surface area contributed by atoms with Crippen LogP contribution >= 0.6 is 10.7 Å². The molecule has 0 N–H and O–H groups in total. The molecule has 0 spiro atoms. The number of rotatable bonds is 5. The molecule has 7 heteroatoms. The summed E-state index contributed by atoms with van der Waals surface area (Å²) in [5.41, 5.74) is 0.261. The molecule has 19 heavy (non-hydrogen) atoms. The number of carbonyl (C=O) groups is 1. The fraction of sp³-hybridized carbons (Fsp3) is 0.583. The predicted molar refractivity (Wildman–Crippen MR) is 70.9 cm³/mol. The topological polar surface area (TPSA) is 65.4 Å². The van der Waals surface area contributed by atoms with Crippen LogP contribution in [-0.2, 0) is 13.8 Å². The van der Waals surface area contributed by atoms with Crippen LogP contribution in [0.1, 0.15) is 49.1 Å². The normalized spacial score (nSPS) is 16.1. The summed E-state index contributed by atoms with van der Waals surface area (Å²) in [6.45, 7) is 2.21. The first-order valence-corrected chi connectivity index (χ1v) is 8.58. The van der Waals surface area contributed by atoms with Crippen LogP contribution in [0.15, 0.2) is 17.2 Å². The molecule has 1 aromatic rings. The third-order valence-corrected chi connectivity index (χ3v) is 4.54. The quantitative estimate of drug-likeness (QED) is 0.620. The summed E-state index contributed by atoms with van der Waals surface area (Å²) in [6.07, 6.45) is 5.09. The highest BCUT2D eigenvalue weighted by atomic mass is 35.7. The van der Waals surface area contributed by atoms with Crippen molar-refractivity contribution >= 4 is 25.7 Å². The van der Waals surface area contributed by atoms with E-state index in [1.54, 1.807) is 4.57 Å². The average Bonchev–Trinajstić information content (AvgIpc) is 2.68. The van der Waals surface area contributed by atoms with Crippen molar-refractivity contribution in [3.05, 3.63) is 18.0 Å². The van der Waals surface area contributed by atoms with Gasteiger partial charge in [0.15, 0.2) is 0 Å². The predicted octanol–water partition coefficient (Wildman–Crippen LogP) is 2.71. The average molecular weight is 306 g/mol. The van der Waals surface area contributed by atoms with E-state index in [1.807, 2.05) is 6.92 Å². The van der Waals surface area contributed by atoms with Crippen LogP contribution in [0, 0.1) is 0 Å². The Kier molecular flexibility index (Phi) is 4.20. The number of hydrogen-bond acceptors (Lipinski definition) is 4. The number of carbonyl (C=O) groups excluding carboxylic acids is 1. The number of esters is 1. The minimum atomic E-state index is -3.83. The maximum atomic E-state index is 11.9. The number of nitrogens with zero attached hydrogens (tertiary/aromatic N) is 1. The fourth-order valence-corrected chi connectivity index (χ4v) is 2.73. The van der Waals surface area contributed by atoms with Gasteiger partial charge in [-0.05, 0) is 31.7 Å². The van der Waals surface area contributed by atoms with Gasteiger partial charge in [-0.1, -0.05) is 6.92 Å². The molecule has 0 radical (unpaired) electrons. The SMILES string of the molecule is CCCOC(=O)c1cc(S(=O)(=O)Cl)cn1C1CCC1. The minimum Gasteiger partial charge on any atom is -0.461 e. The summed E-state index contributed by atoms with van der Waals surface area (Å²) in [5, 5.41) is 0. The first-order valence-electron chi connectivity index (χ1n) is 6.27. The number of ether oxygens (including phenoxy) is 1. The van der Waals surface area contributed by atoms with Crippen LogP contribution in [0.3, 0.4) is 0 Å². The standard InChI is InChI=1S/C12H16ClNO4S/c1-2-6-18-12(15)11-7-10(19(13,16)17)8-14(11)9-4-3-5-9/h7-9H,2-6H2,1H3. The van der Waals surface area contributed by atoms with Crippen LogP contribution in [-0.4, -0.2) is 25.6 Å². The van der Waals surface area contributed by atoms with Crippen molar-refractivity contribution < 1.29 is 17.9 Å². The Balaban J connectivity index is 2.34. The molecule has 0 saturated heterocycles. The second-order valence-electron chi connectivity index (χ2n) is 4.63. The molecule has 0 unspecified atom stereocenters. The van der Waals surface area contributed by atoms with Crippen molar-refractivity contribution in [2.75, 3.05) is 6.61 Å². The van der Waals surface area contributed by atoms with Crippen LogP contribution in [0.5, 0.6) is 0 Å². The fourth-order valence-electron chi connectivity index (χ4n) is 1.99. The molecule has 1 fully saturated rings. The molecule has 1 saturated carbocycles. The number of halogens is 1. The van der Waals surface area contributed by atoms with Gasteiger partial charge in [0.2, 0.25) is 0 Å². The van der Waals surface area contributed by atoms with E-state index in [1.165, 1.54) is 12.3 Å². The molecule has 0 bridgehead atoms. The summed E-state index contributed by atoms with van der Waals surface area (Å²) in [7, 11) is 1.49. The summed E-state index contributed by atoms with van der Waals surface area (Å²) < 4.78 is 29.5. The smallest absolute Gasteiger partial charge is 0.354 e. The summed E-state index contributed by atoms with van der Waals surface area (Å²) in [6, 6.07) is 1.45. The highest BCUT2D eigenvalue weighted by Crippen LogP contribution is 2.34. The van der Waals surface area contributed by atoms with E-state index in [0.29, 0.717) is 6.61 Å². The Labute approximate surface area is 116 Å². The number of hydrogen-bond donors (Lipinski definition) is 0. The zero-order valence-corrected chi connectivity index (χ0v) is 12.2. The first-order chi connectivity index (χ1) is 8.93. The molecule has 1 aliphatic carbocycles. The number of aromatic nitrogens is 1. The Morgan fingerprint density at radius 3 is 2.68 bits per heavy atom. The Morgan fingerprint density at radius 1 is 1.53 bits per heavy atom. The Hall–Kier alpha value is -1.01. The van der Waals surface area contributed by atoms with Gasteiger partial charge >= 0.3 is 5.97 Å². The van der Waals surface area contributed by atoms with Crippen LogP contribution < -0.4 is 0 Å². The zero-order chi connectivity index (χ0) is 14.0. The van der Waals surface area contributed by atoms with Crippen molar-refractivity contribution in [3.63, 3.8) is 0 Å². The summed E-state index contributed by atoms with van der Waals surface area (Å²) >= 11 is 0. The largest absolute Gasteiger partial charge is 0.461 e. The van der Waals surface area contributed by atoms with E-state index < -0.39 is 15.0 Å². The third-order valence-electron chi connectivity index (χ3n) is 3.22. The molecule has 0 amide bonds. The lowest BCUT2D eigenvalue weighted by atomic mass is 9.93. The van der Waals surface area contributed by atoms with E-state index in [0.717, 1.165) is 25.7 Å². The highest BCUT2D eigenvalue weighted by Gasteiger charge is 2.27. The molecule has 0 atom stereocenters. The molecule has 5 nitrogen and oxygen atoms in total. The molecule has 2 rings (SSSR count). The summed E-state index contributed by atoms with van der Waals surface area (Å²) in [4.78, 5) is 11.9. The van der Waals surface area contributed by atoms with Crippen LogP contribution in [0.4, 0.5) is 0 Å². The van der Waals surface area contributed by atoms with E-state index in [-0.39, 0.29) is 16.6 Å². The van der Waals surface area contributed by atoms with Crippen molar-refractivity contribution in [1.29, 1.82) is 0 Å². The third kappa shape index (κ3) is 3.12. The van der Waals surface area contributed by atoms with Crippen molar-refractivity contribution in [3.8, 4) is 0 Å². The lowest BCUT2D eigenvalue weighted by Crippen LogP contribution is -2.21. The second-order valence-corrected chi connectivity index (χ2v) is 7.19. The molecule has 0 aromatic carbocycles. The van der Waals surface area contributed by atoms with Gasteiger partial charge in [-0.2, -0.15) is 0 Å². The maximum absolute atomic E-state index is 11.9. The minimum absolute atomic E-state index is 0.0514. The molecular formula is C12H16ClNO4S. The van der Waals surface area contributed by atoms with Gasteiger partial charge in [-0.25, -0.2) is 13.2 Å². The van der Waals surface area contributed by atoms with Gasteiger partial charge < -0.3 is 9.30 Å². The summed E-state index contributed by atoms with van der Waals surface area (Å²) in [5.74, 6) is -0.500. The van der Waals surface area contributed by atoms with Gasteiger partial charge in [0.25, 0.3) is 9.05 Å². The van der Waals surface area contributed by atoms with Crippen molar-refractivity contribution in [2.24, 2.45) is 0 Å². The Bertz CT molecular complexity index is 575. The first kappa shape index (κ1) is 14.4. The van der Waals surface area contributed by atoms with Gasteiger partial charge in [0.05, 0.1) is 6.61 Å². The van der Waals surface area contributed by atoms with Crippen molar-refractivity contribution in [1.82, 2.24) is 4.57 Å². The monoisotopic (exact) mass is 305 g/mol. The lowest BCUT2D eigenvalue weighted by molar-refractivity contribution is 0.0486. The Morgan fingerprint density at radius 2 is 2.21 bits per heavy atom. The molecular weight excluding hydrogens is 290 g/mol. The van der Waals surface area contributed by atoms with E-state index >= 15 is 0 Å².